The van der Waals surface area contributed by atoms with Crippen LogP contribution in [0.5, 0.6) is 0 Å². The SMILES string of the molecule is CCOC(=O)N1CCN(C(=O)c2cc(S(=O)(=O)N(CC)CC)ccc2Cl)CC1. The van der Waals surface area contributed by atoms with Gasteiger partial charge in [0.25, 0.3) is 5.91 Å². The number of nitrogens with zero attached hydrogens (tertiary/aromatic N) is 3. The number of sulfonamides is 1. The van der Waals surface area contributed by atoms with Crippen molar-refractivity contribution in [1.82, 2.24) is 14.1 Å². The molecule has 28 heavy (non-hydrogen) atoms. The van der Waals surface area contributed by atoms with Gasteiger partial charge in [0.2, 0.25) is 10.0 Å². The van der Waals surface area contributed by atoms with Crippen molar-refractivity contribution in [3.63, 3.8) is 0 Å². The standard InChI is InChI=1S/C18H26ClN3O5S/c1-4-22(5-2)28(25,26)14-7-8-16(19)15(13-14)17(23)20-9-11-21(12-10-20)18(24)27-6-3/h7-8,13H,4-6,9-12H2,1-3H3. The average Bonchev–Trinajstić information content (AvgIpc) is 2.68. The van der Waals surface area contributed by atoms with Crippen LogP contribution < -0.4 is 0 Å². The molecule has 2 rings (SSSR count). The first kappa shape index (κ1) is 22.4. The van der Waals surface area contributed by atoms with E-state index in [-0.39, 0.29) is 21.4 Å². The molecule has 0 atom stereocenters. The average molecular weight is 432 g/mol. The zero-order chi connectivity index (χ0) is 20.9. The van der Waals surface area contributed by atoms with Gasteiger partial charge in [-0.25, -0.2) is 13.2 Å². The molecule has 1 aliphatic rings. The summed E-state index contributed by atoms with van der Waals surface area (Å²) in [5.74, 6) is -0.356. The maximum absolute atomic E-state index is 12.9. The Balaban J connectivity index is 2.20. The van der Waals surface area contributed by atoms with Crippen LogP contribution in [0.15, 0.2) is 23.1 Å². The highest BCUT2D eigenvalue weighted by Gasteiger charge is 2.28. The van der Waals surface area contributed by atoms with Crippen molar-refractivity contribution in [1.29, 1.82) is 0 Å². The van der Waals surface area contributed by atoms with E-state index in [1.807, 2.05) is 0 Å². The van der Waals surface area contributed by atoms with Gasteiger partial charge in [-0.1, -0.05) is 25.4 Å². The van der Waals surface area contributed by atoms with Crippen molar-refractivity contribution in [2.75, 3.05) is 45.9 Å². The van der Waals surface area contributed by atoms with Crippen molar-refractivity contribution >= 4 is 33.6 Å². The summed E-state index contributed by atoms with van der Waals surface area (Å²) in [6.45, 7) is 7.54. The topological polar surface area (TPSA) is 87.2 Å². The predicted molar refractivity (Wildman–Crippen MR) is 106 cm³/mol. The molecule has 1 aliphatic heterocycles. The van der Waals surface area contributed by atoms with Crippen molar-refractivity contribution in [3.8, 4) is 0 Å². The van der Waals surface area contributed by atoms with E-state index in [4.69, 9.17) is 16.3 Å². The number of hydrogen-bond acceptors (Lipinski definition) is 5. The van der Waals surface area contributed by atoms with Crippen LogP contribution >= 0.6 is 11.6 Å². The molecule has 0 bridgehead atoms. The summed E-state index contributed by atoms with van der Waals surface area (Å²) in [5, 5.41) is 0.191. The summed E-state index contributed by atoms with van der Waals surface area (Å²) in [7, 11) is -3.70. The number of halogens is 1. The van der Waals surface area contributed by atoms with Crippen LogP contribution in [-0.2, 0) is 14.8 Å². The number of ether oxygens (including phenoxy) is 1. The van der Waals surface area contributed by atoms with Crippen LogP contribution in [0.25, 0.3) is 0 Å². The molecule has 10 heteroatoms. The van der Waals surface area contributed by atoms with Gasteiger partial charge in [0.1, 0.15) is 0 Å². The summed E-state index contributed by atoms with van der Waals surface area (Å²) < 4.78 is 31.8. The zero-order valence-corrected chi connectivity index (χ0v) is 17.9. The lowest BCUT2D eigenvalue weighted by molar-refractivity contribution is 0.0570. The second-order valence-corrected chi connectivity index (χ2v) is 8.55. The third-order valence-corrected chi connectivity index (χ3v) is 6.98. The fourth-order valence-corrected chi connectivity index (χ4v) is 4.70. The van der Waals surface area contributed by atoms with Gasteiger partial charge in [-0.3, -0.25) is 4.79 Å². The van der Waals surface area contributed by atoms with Crippen LogP contribution in [-0.4, -0.2) is 80.4 Å². The largest absolute Gasteiger partial charge is 0.450 e. The Morgan fingerprint density at radius 1 is 1.07 bits per heavy atom. The van der Waals surface area contributed by atoms with Crippen molar-refractivity contribution in [2.45, 2.75) is 25.7 Å². The van der Waals surface area contributed by atoms with Crippen LogP contribution in [0.3, 0.4) is 0 Å². The first-order valence-corrected chi connectivity index (χ1v) is 11.1. The molecule has 1 aromatic carbocycles. The predicted octanol–water partition coefficient (Wildman–Crippen LogP) is 2.28. The van der Waals surface area contributed by atoms with Crippen LogP contribution in [0.1, 0.15) is 31.1 Å². The fourth-order valence-electron chi connectivity index (χ4n) is 3.02. The Kier molecular flexibility index (Phi) is 7.68. The minimum Gasteiger partial charge on any atom is -0.450 e. The molecule has 2 amide bonds. The van der Waals surface area contributed by atoms with Gasteiger partial charge >= 0.3 is 6.09 Å². The van der Waals surface area contributed by atoms with E-state index >= 15 is 0 Å². The molecule has 1 aromatic rings. The van der Waals surface area contributed by atoms with Gasteiger partial charge < -0.3 is 14.5 Å². The fraction of sp³-hybridized carbons (Fsp3) is 0.556. The molecule has 0 saturated carbocycles. The summed E-state index contributed by atoms with van der Waals surface area (Å²) in [6.07, 6.45) is -0.403. The molecule has 0 spiro atoms. The maximum Gasteiger partial charge on any atom is 0.409 e. The molecule has 0 radical (unpaired) electrons. The Bertz CT molecular complexity index is 819. The van der Waals surface area contributed by atoms with E-state index < -0.39 is 16.1 Å². The molecule has 0 aromatic heterocycles. The second kappa shape index (κ2) is 9.58. The van der Waals surface area contributed by atoms with Crippen LogP contribution in [0, 0.1) is 0 Å². The van der Waals surface area contributed by atoms with Gasteiger partial charge in [0, 0.05) is 39.3 Å². The number of benzene rings is 1. The van der Waals surface area contributed by atoms with Crippen molar-refractivity contribution in [3.05, 3.63) is 28.8 Å². The Morgan fingerprint density at radius 3 is 2.18 bits per heavy atom. The first-order valence-electron chi connectivity index (χ1n) is 9.26. The lowest BCUT2D eigenvalue weighted by Gasteiger charge is -2.34. The van der Waals surface area contributed by atoms with Gasteiger partial charge in [0.05, 0.1) is 22.1 Å². The number of carbonyl (C=O) groups excluding carboxylic acids is 2. The summed E-state index contributed by atoms with van der Waals surface area (Å²) in [5.41, 5.74) is 0.138. The zero-order valence-electron chi connectivity index (χ0n) is 16.4. The maximum atomic E-state index is 12.9. The molecule has 1 fully saturated rings. The van der Waals surface area contributed by atoms with Crippen LogP contribution in [0.2, 0.25) is 5.02 Å². The number of amides is 2. The third kappa shape index (κ3) is 4.76. The quantitative estimate of drug-likeness (QED) is 0.689. The minimum atomic E-state index is -3.70. The molecular formula is C18H26ClN3O5S. The molecule has 156 valence electrons. The molecule has 0 N–H and O–H groups in total. The second-order valence-electron chi connectivity index (χ2n) is 6.21. The van der Waals surface area contributed by atoms with E-state index in [0.29, 0.717) is 45.9 Å². The van der Waals surface area contributed by atoms with Gasteiger partial charge in [-0.15, -0.1) is 0 Å². The highest BCUT2D eigenvalue weighted by molar-refractivity contribution is 7.89. The number of hydrogen-bond donors (Lipinski definition) is 0. The number of carbonyl (C=O) groups is 2. The Morgan fingerprint density at radius 2 is 1.64 bits per heavy atom. The molecule has 8 nitrogen and oxygen atoms in total. The van der Waals surface area contributed by atoms with Crippen molar-refractivity contribution < 1.29 is 22.7 Å². The molecule has 0 aliphatic carbocycles. The summed E-state index contributed by atoms with van der Waals surface area (Å²) >= 11 is 6.19. The van der Waals surface area contributed by atoms with E-state index in [0.717, 1.165) is 0 Å². The molecular weight excluding hydrogens is 406 g/mol. The summed E-state index contributed by atoms with van der Waals surface area (Å²) in [6, 6.07) is 4.17. The third-order valence-electron chi connectivity index (χ3n) is 4.60. The molecule has 1 saturated heterocycles. The van der Waals surface area contributed by atoms with Gasteiger partial charge in [-0.05, 0) is 25.1 Å². The lowest BCUT2D eigenvalue weighted by Crippen LogP contribution is -2.50. The normalized spacial score (nSPS) is 15.0. The monoisotopic (exact) mass is 431 g/mol. The Labute approximate surface area is 171 Å². The van der Waals surface area contributed by atoms with Crippen molar-refractivity contribution in [2.24, 2.45) is 0 Å². The highest BCUT2D eigenvalue weighted by Crippen LogP contribution is 2.24. The van der Waals surface area contributed by atoms with E-state index in [1.165, 1.54) is 27.4 Å². The van der Waals surface area contributed by atoms with Gasteiger partial charge in [-0.2, -0.15) is 4.31 Å². The number of rotatable bonds is 6. The smallest absolute Gasteiger partial charge is 0.409 e. The molecule has 0 unspecified atom stereocenters. The van der Waals surface area contributed by atoms with Gasteiger partial charge in [0.15, 0.2) is 0 Å². The number of piperazine rings is 1. The Hall–Kier alpha value is -1.84. The van der Waals surface area contributed by atoms with E-state index in [9.17, 15) is 18.0 Å². The minimum absolute atomic E-state index is 0.0362. The van der Waals surface area contributed by atoms with E-state index in [2.05, 4.69) is 0 Å². The first-order chi connectivity index (χ1) is 13.3. The lowest BCUT2D eigenvalue weighted by atomic mass is 10.2. The highest BCUT2D eigenvalue weighted by atomic mass is 35.5. The van der Waals surface area contributed by atoms with E-state index in [1.54, 1.807) is 25.7 Å². The summed E-state index contributed by atoms with van der Waals surface area (Å²) in [4.78, 5) is 27.8. The molecule has 1 heterocycles. The van der Waals surface area contributed by atoms with Crippen LogP contribution in [0.4, 0.5) is 4.79 Å².